The van der Waals surface area contributed by atoms with Gasteiger partial charge in [-0.05, 0) is 32.0 Å². The van der Waals surface area contributed by atoms with E-state index in [1.165, 1.54) is 19.1 Å². The molecule has 0 saturated heterocycles. The molecule has 0 bridgehead atoms. The molecule has 0 aliphatic heterocycles. The van der Waals surface area contributed by atoms with E-state index in [0.29, 0.717) is 6.92 Å². The van der Waals surface area contributed by atoms with Crippen LogP contribution in [0.2, 0.25) is 0 Å². The second kappa shape index (κ2) is 7.46. The summed E-state index contributed by atoms with van der Waals surface area (Å²) in [5, 5.41) is 10.9. The number of rotatable bonds is 6. The van der Waals surface area contributed by atoms with Gasteiger partial charge in [-0.1, -0.05) is 0 Å². The Morgan fingerprint density at radius 2 is 1.86 bits per heavy atom. The van der Waals surface area contributed by atoms with Crippen molar-refractivity contribution in [3.63, 3.8) is 0 Å². The largest absolute Gasteiger partial charge is 0.463 e. The van der Waals surface area contributed by atoms with Crippen molar-refractivity contribution in [2.24, 2.45) is 0 Å². The molecule has 13 heteroatoms. The van der Waals surface area contributed by atoms with Gasteiger partial charge in [0, 0.05) is 11.8 Å². The quantitative estimate of drug-likeness (QED) is 0.565. The molecule has 3 rings (SSSR count). The summed E-state index contributed by atoms with van der Waals surface area (Å²) in [7, 11) is 0. The predicted octanol–water partition coefficient (Wildman–Crippen LogP) is 3.74. The van der Waals surface area contributed by atoms with Crippen LogP contribution in [0, 0.1) is 5.82 Å². The summed E-state index contributed by atoms with van der Waals surface area (Å²) in [6.45, 7) is 1.78. The summed E-state index contributed by atoms with van der Waals surface area (Å²) in [5.74, 6) is -2.92. The lowest BCUT2D eigenvalue weighted by molar-refractivity contribution is -0.252. The van der Waals surface area contributed by atoms with Crippen molar-refractivity contribution in [2.45, 2.75) is 32.2 Å². The van der Waals surface area contributed by atoms with E-state index in [4.69, 9.17) is 0 Å². The van der Waals surface area contributed by atoms with E-state index in [1.54, 1.807) is 0 Å². The SMILES string of the molecule is CCOC(F)(F)c1nnc2ccc(-c3cnc(O[C@@H](C)C(F)(F)F)c(F)c3)nn12. The van der Waals surface area contributed by atoms with Gasteiger partial charge >= 0.3 is 12.3 Å². The Morgan fingerprint density at radius 1 is 1.14 bits per heavy atom. The Morgan fingerprint density at radius 3 is 2.48 bits per heavy atom. The molecule has 1 atom stereocenters. The first-order chi connectivity index (χ1) is 13.5. The molecule has 0 radical (unpaired) electrons. The van der Waals surface area contributed by atoms with Gasteiger partial charge in [-0.25, -0.2) is 9.37 Å². The molecule has 3 heterocycles. The van der Waals surface area contributed by atoms with E-state index < -0.39 is 35.9 Å². The van der Waals surface area contributed by atoms with Gasteiger partial charge in [0.15, 0.2) is 17.6 Å². The van der Waals surface area contributed by atoms with Crippen molar-refractivity contribution in [1.82, 2.24) is 24.8 Å². The van der Waals surface area contributed by atoms with Gasteiger partial charge < -0.3 is 9.47 Å². The second-order valence-corrected chi connectivity index (χ2v) is 5.77. The number of ether oxygens (including phenoxy) is 2. The number of nitrogens with zero attached hydrogens (tertiary/aromatic N) is 5. The third kappa shape index (κ3) is 4.23. The maximum atomic E-state index is 14.2. The molecule has 0 fully saturated rings. The topological polar surface area (TPSA) is 74.4 Å². The van der Waals surface area contributed by atoms with Crippen LogP contribution in [-0.2, 0) is 10.8 Å². The Labute approximate surface area is 159 Å². The van der Waals surface area contributed by atoms with E-state index in [-0.39, 0.29) is 23.5 Å². The maximum absolute atomic E-state index is 14.2. The van der Waals surface area contributed by atoms with Crippen molar-refractivity contribution in [1.29, 1.82) is 0 Å². The average molecular weight is 421 g/mol. The molecule has 0 unspecified atom stereocenters. The summed E-state index contributed by atoms with van der Waals surface area (Å²) in [6.07, 6.45) is -9.74. The maximum Gasteiger partial charge on any atom is 0.425 e. The molecular formula is C16H13F6N5O2. The molecule has 0 aromatic carbocycles. The zero-order valence-corrected chi connectivity index (χ0v) is 14.9. The first-order valence-corrected chi connectivity index (χ1v) is 8.17. The molecule has 0 aliphatic rings. The van der Waals surface area contributed by atoms with Crippen molar-refractivity contribution in [2.75, 3.05) is 6.61 Å². The van der Waals surface area contributed by atoms with Crippen molar-refractivity contribution >= 4 is 5.65 Å². The molecular weight excluding hydrogens is 408 g/mol. The van der Waals surface area contributed by atoms with Crippen LogP contribution in [0.3, 0.4) is 0 Å². The van der Waals surface area contributed by atoms with E-state index >= 15 is 0 Å². The predicted molar refractivity (Wildman–Crippen MR) is 85.6 cm³/mol. The highest BCUT2D eigenvalue weighted by Crippen LogP contribution is 2.30. The highest BCUT2D eigenvalue weighted by Gasteiger charge is 2.40. The van der Waals surface area contributed by atoms with Crippen LogP contribution in [-0.4, -0.2) is 43.7 Å². The van der Waals surface area contributed by atoms with E-state index in [9.17, 15) is 26.3 Å². The summed E-state index contributed by atoms with van der Waals surface area (Å²) in [4.78, 5) is 3.53. The fourth-order valence-electron chi connectivity index (χ4n) is 2.26. The number of pyridine rings is 1. The molecule has 29 heavy (non-hydrogen) atoms. The minimum atomic E-state index is -4.70. The first kappa shape index (κ1) is 20.8. The molecule has 0 N–H and O–H groups in total. The van der Waals surface area contributed by atoms with Crippen LogP contribution in [0.5, 0.6) is 5.88 Å². The average Bonchev–Trinajstić information content (AvgIpc) is 3.06. The number of hydrogen-bond acceptors (Lipinski definition) is 6. The van der Waals surface area contributed by atoms with Crippen LogP contribution >= 0.6 is 0 Å². The summed E-state index contributed by atoms with van der Waals surface area (Å²) in [6, 6.07) is 3.46. The minimum absolute atomic E-state index is 0.00679. The Bertz CT molecular complexity index is 1020. The fourth-order valence-corrected chi connectivity index (χ4v) is 2.26. The summed E-state index contributed by atoms with van der Waals surface area (Å²) in [5.41, 5.74) is -0.0148. The van der Waals surface area contributed by atoms with Gasteiger partial charge in [0.25, 0.3) is 11.7 Å². The first-order valence-electron chi connectivity index (χ1n) is 8.17. The zero-order valence-electron chi connectivity index (χ0n) is 14.9. The molecule has 0 amide bonds. The van der Waals surface area contributed by atoms with Crippen LogP contribution in [0.25, 0.3) is 16.9 Å². The Kier molecular flexibility index (Phi) is 5.34. The number of fused-ring (bicyclic) bond motifs is 1. The van der Waals surface area contributed by atoms with Crippen LogP contribution < -0.4 is 4.74 Å². The lowest BCUT2D eigenvalue weighted by atomic mass is 10.2. The lowest BCUT2D eigenvalue weighted by Gasteiger charge is -2.17. The van der Waals surface area contributed by atoms with Gasteiger partial charge in [-0.15, -0.1) is 10.2 Å². The smallest absolute Gasteiger partial charge is 0.425 e. The van der Waals surface area contributed by atoms with Crippen LogP contribution in [0.4, 0.5) is 26.3 Å². The van der Waals surface area contributed by atoms with E-state index in [0.717, 1.165) is 16.8 Å². The molecule has 3 aromatic heterocycles. The number of aromatic nitrogens is 5. The van der Waals surface area contributed by atoms with Gasteiger partial charge in [0.05, 0.1) is 12.3 Å². The molecule has 0 aliphatic carbocycles. The summed E-state index contributed by atoms with van der Waals surface area (Å²) >= 11 is 0. The van der Waals surface area contributed by atoms with Crippen LogP contribution in [0.15, 0.2) is 24.4 Å². The normalized spacial score (nSPS) is 13.7. The molecule has 0 saturated carbocycles. The van der Waals surface area contributed by atoms with Crippen LogP contribution in [0.1, 0.15) is 19.7 Å². The second-order valence-electron chi connectivity index (χ2n) is 5.77. The van der Waals surface area contributed by atoms with Crippen molar-refractivity contribution in [3.8, 4) is 17.1 Å². The number of halogens is 6. The molecule has 7 nitrogen and oxygen atoms in total. The molecule has 3 aromatic rings. The van der Waals surface area contributed by atoms with Gasteiger partial charge in [0.2, 0.25) is 0 Å². The number of alkyl halides is 5. The highest BCUT2D eigenvalue weighted by atomic mass is 19.4. The Balaban J connectivity index is 1.96. The third-order valence-electron chi connectivity index (χ3n) is 3.70. The monoisotopic (exact) mass is 421 g/mol. The molecule has 156 valence electrons. The number of hydrogen-bond donors (Lipinski definition) is 0. The van der Waals surface area contributed by atoms with E-state index in [1.807, 2.05) is 0 Å². The van der Waals surface area contributed by atoms with Gasteiger partial charge in [0.1, 0.15) is 0 Å². The standard InChI is InChI=1S/C16H13F6N5O2/c1-3-28-16(21,22)14-25-24-12-5-4-11(26-27(12)14)9-6-10(17)13(23-7-9)29-8(2)15(18,19)20/h4-8H,3H2,1-2H3/t8-/m0/s1. The van der Waals surface area contributed by atoms with E-state index in [2.05, 4.69) is 29.8 Å². The van der Waals surface area contributed by atoms with Gasteiger partial charge in [-0.2, -0.15) is 31.6 Å². The van der Waals surface area contributed by atoms with Gasteiger partial charge in [-0.3, -0.25) is 0 Å². The third-order valence-corrected chi connectivity index (χ3v) is 3.70. The summed E-state index contributed by atoms with van der Waals surface area (Å²) < 4.78 is 89.4. The van der Waals surface area contributed by atoms with Crippen molar-refractivity contribution in [3.05, 3.63) is 36.0 Å². The fraction of sp³-hybridized carbons (Fsp3) is 0.375. The highest BCUT2D eigenvalue weighted by molar-refractivity contribution is 5.59. The lowest BCUT2D eigenvalue weighted by Crippen LogP contribution is -2.31. The zero-order chi connectivity index (χ0) is 21.4. The molecule has 0 spiro atoms. The van der Waals surface area contributed by atoms with Crippen molar-refractivity contribution < 1.29 is 35.8 Å². The Hall–Kier alpha value is -2.96. The minimum Gasteiger partial charge on any atom is -0.463 e.